The van der Waals surface area contributed by atoms with E-state index in [1.54, 1.807) is 35.7 Å². The van der Waals surface area contributed by atoms with E-state index in [-0.39, 0.29) is 9.90 Å². The smallest absolute Gasteiger partial charge is 0.280 e. The topological polar surface area (TPSA) is 89.7 Å². The van der Waals surface area contributed by atoms with Gasteiger partial charge in [-0.1, -0.05) is 35.9 Å². The molecule has 1 unspecified atom stereocenters. The quantitative estimate of drug-likeness (QED) is 0.642. The van der Waals surface area contributed by atoms with E-state index in [1.807, 2.05) is 6.92 Å². The molecule has 0 aliphatic carbocycles. The van der Waals surface area contributed by atoms with Crippen molar-refractivity contribution in [2.45, 2.75) is 16.7 Å². The van der Waals surface area contributed by atoms with E-state index < -0.39 is 21.5 Å². The van der Waals surface area contributed by atoms with Crippen LogP contribution in [0.3, 0.4) is 0 Å². The zero-order valence-corrected chi connectivity index (χ0v) is 17.7. The van der Waals surface area contributed by atoms with Crippen LogP contribution >= 0.6 is 22.9 Å². The molecule has 1 amide bonds. The van der Waals surface area contributed by atoms with Gasteiger partial charge in [0.1, 0.15) is 9.96 Å². The summed E-state index contributed by atoms with van der Waals surface area (Å²) in [4.78, 5) is 13.6. The van der Waals surface area contributed by atoms with Crippen LogP contribution in [0.1, 0.15) is 18.1 Å². The third-order valence-corrected chi connectivity index (χ3v) is 8.03. The van der Waals surface area contributed by atoms with E-state index in [1.165, 1.54) is 24.3 Å². The second-order valence-corrected chi connectivity index (χ2v) is 9.80. The molecule has 29 heavy (non-hydrogen) atoms. The number of para-hydroxylation sites is 1. The monoisotopic (exact) mass is 448 g/mol. The van der Waals surface area contributed by atoms with Gasteiger partial charge in [-0.15, -0.1) is 11.3 Å². The van der Waals surface area contributed by atoms with Crippen molar-refractivity contribution in [2.75, 3.05) is 10.9 Å². The Hall–Kier alpha value is -2.39. The number of nitrogens with two attached hydrogens (primary N) is 1. The molecular weight excluding hydrogens is 432 g/mol. The molecule has 2 aromatic carbocycles. The zero-order chi connectivity index (χ0) is 20.8. The van der Waals surface area contributed by atoms with Crippen LogP contribution in [0, 0.1) is 0 Å². The van der Waals surface area contributed by atoms with Crippen LogP contribution in [0.2, 0.25) is 5.02 Å². The third kappa shape index (κ3) is 2.95. The maximum absolute atomic E-state index is 13.6. The molecule has 2 N–H and O–H groups in total. The van der Waals surface area contributed by atoms with Gasteiger partial charge in [-0.25, -0.2) is 0 Å². The highest BCUT2D eigenvalue weighted by Crippen LogP contribution is 2.48. The minimum Gasteiger partial charge on any atom is -0.493 e. The number of rotatable bonds is 5. The SMILES string of the molecule is CCOc1ccccc1C1(N)C(=O)N(S(=O)(=O)c2cccs2)c2ccc(Cl)cc21. The number of carbonyl (C=O) groups excluding carboxylic acids is 1. The molecule has 6 nitrogen and oxygen atoms in total. The summed E-state index contributed by atoms with van der Waals surface area (Å²) in [5.74, 6) is -0.373. The maximum atomic E-state index is 13.6. The maximum Gasteiger partial charge on any atom is 0.280 e. The predicted octanol–water partition coefficient (Wildman–Crippen LogP) is 3.74. The predicted molar refractivity (Wildman–Crippen MR) is 113 cm³/mol. The molecule has 1 aliphatic heterocycles. The highest BCUT2D eigenvalue weighted by molar-refractivity contribution is 7.95. The number of amides is 1. The Morgan fingerprint density at radius 1 is 1.14 bits per heavy atom. The third-order valence-electron chi connectivity index (χ3n) is 4.73. The lowest BCUT2D eigenvalue weighted by Crippen LogP contribution is -2.49. The summed E-state index contributed by atoms with van der Waals surface area (Å²) in [5, 5.41) is 1.98. The number of hydrogen-bond donors (Lipinski definition) is 1. The molecule has 0 fully saturated rings. The van der Waals surface area contributed by atoms with Crippen LogP contribution in [-0.4, -0.2) is 20.9 Å². The van der Waals surface area contributed by atoms with E-state index in [9.17, 15) is 13.2 Å². The van der Waals surface area contributed by atoms with Gasteiger partial charge in [-0.05, 0) is 42.6 Å². The molecule has 0 spiro atoms. The Balaban J connectivity index is 1.99. The van der Waals surface area contributed by atoms with Crippen LogP contribution < -0.4 is 14.8 Å². The van der Waals surface area contributed by atoms with Crippen LogP contribution in [-0.2, 0) is 20.4 Å². The summed E-state index contributed by atoms with van der Waals surface area (Å²) >= 11 is 7.21. The Morgan fingerprint density at radius 2 is 1.90 bits per heavy atom. The van der Waals surface area contributed by atoms with Crippen molar-refractivity contribution in [2.24, 2.45) is 5.73 Å². The fourth-order valence-electron chi connectivity index (χ4n) is 3.46. The molecule has 150 valence electrons. The number of sulfonamides is 1. The molecule has 1 aliphatic rings. The molecule has 0 saturated heterocycles. The Labute approximate surface area is 177 Å². The fourth-order valence-corrected chi connectivity index (χ4v) is 6.17. The van der Waals surface area contributed by atoms with Crippen LogP contribution in [0.4, 0.5) is 5.69 Å². The van der Waals surface area contributed by atoms with Gasteiger partial charge in [-0.3, -0.25) is 4.79 Å². The first kappa shape index (κ1) is 19.9. The minimum absolute atomic E-state index is 0.0501. The first-order valence-electron chi connectivity index (χ1n) is 8.76. The first-order valence-corrected chi connectivity index (χ1v) is 11.5. The summed E-state index contributed by atoms with van der Waals surface area (Å²) in [6.07, 6.45) is 0. The number of halogens is 1. The highest BCUT2D eigenvalue weighted by atomic mass is 35.5. The number of nitrogens with zero attached hydrogens (tertiary/aromatic N) is 1. The van der Waals surface area contributed by atoms with Crippen molar-refractivity contribution in [1.29, 1.82) is 0 Å². The van der Waals surface area contributed by atoms with Crippen molar-refractivity contribution in [1.82, 2.24) is 0 Å². The summed E-state index contributed by atoms with van der Waals surface area (Å²) in [6.45, 7) is 2.18. The van der Waals surface area contributed by atoms with Crippen molar-refractivity contribution in [3.05, 3.63) is 76.1 Å². The summed E-state index contributed by atoms with van der Waals surface area (Å²) < 4.78 is 33.0. The van der Waals surface area contributed by atoms with Crippen LogP contribution in [0.25, 0.3) is 0 Å². The molecule has 2 heterocycles. The molecule has 0 saturated carbocycles. The van der Waals surface area contributed by atoms with Crippen LogP contribution in [0.15, 0.2) is 64.2 Å². The summed E-state index contributed by atoms with van der Waals surface area (Å²) in [7, 11) is -4.14. The zero-order valence-electron chi connectivity index (χ0n) is 15.3. The van der Waals surface area contributed by atoms with Gasteiger partial charge < -0.3 is 10.5 Å². The largest absolute Gasteiger partial charge is 0.493 e. The van der Waals surface area contributed by atoms with E-state index in [0.717, 1.165) is 15.6 Å². The highest BCUT2D eigenvalue weighted by Gasteiger charge is 2.55. The molecule has 0 radical (unpaired) electrons. The number of ether oxygens (including phenoxy) is 1. The fraction of sp³-hybridized carbons (Fsp3) is 0.150. The number of carbonyl (C=O) groups is 1. The lowest BCUT2D eigenvalue weighted by atomic mass is 9.84. The molecular formula is C20H17ClN2O4S2. The summed E-state index contributed by atoms with van der Waals surface area (Å²) in [6, 6.07) is 14.5. The second-order valence-electron chi connectivity index (χ2n) is 6.41. The molecule has 4 rings (SSSR count). The number of thiophene rings is 1. The first-order chi connectivity index (χ1) is 13.8. The van der Waals surface area contributed by atoms with Gasteiger partial charge in [0, 0.05) is 16.1 Å². The lowest BCUT2D eigenvalue weighted by Gasteiger charge is -2.26. The normalized spacial score (nSPS) is 18.7. The molecule has 1 atom stereocenters. The van der Waals surface area contributed by atoms with Gasteiger partial charge in [0.25, 0.3) is 15.9 Å². The summed E-state index contributed by atoms with van der Waals surface area (Å²) in [5.41, 5.74) is 5.78. The number of hydrogen-bond acceptors (Lipinski definition) is 6. The van der Waals surface area contributed by atoms with Gasteiger partial charge in [0.15, 0.2) is 5.54 Å². The Bertz CT molecular complexity index is 1190. The van der Waals surface area contributed by atoms with Crippen LogP contribution in [0.5, 0.6) is 5.75 Å². The number of fused-ring (bicyclic) bond motifs is 1. The van der Waals surface area contributed by atoms with Gasteiger partial charge in [0.2, 0.25) is 0 Å². The average molecular weight is 449 g/mol. The Morgan fingerprint density at radius 3 is 2.59 bits per heavy atom. The standard InChI is InChI=1S/C20H17ClN2O4S2/c1-2-27-17-7-4-3-6-14(17)20(22)15-12-13(21)9-10-16(15)23(19(20)24)29(25,26)18-8-5-11-28-18/h3-12H,2,22H2,1H3. The average Bonchev–Trinajstić information content (AvgIpc) is 3.31. The van der Waals surface area contributed by atoms with E-state index in [0.29, 0.717) is 28.5 Å². The van der Waals surface area contributed by atoms with E-state index in [2.05, 4.69) is 0 Å². The van der Waals surface area contributed by atoms with Gasteiger partial charge in [0.05, 0.1) is 12.3 Å². The van der Waals surface area contributed by atoms with Gasteiger partial charge >= 0.3 is 0 Å². The Kier molecular flexibility index (Phi) is 4.90. The van der Waals surface area contributed by atoms with Crippen molar-refractivity contribution >= 4 is 44.6 Å². The lowest BCUT2D eigenvalue weighted by molar-refractivity contribution is -0.120. The van der Waals surface area contributed by atoms with Crippen molar-refractivity contribution in [3.8, 4) is 5.75 Å². The molecule has 9 heteroatoms. The number of benzene rings is 2. The van der Waals surface area contributed by atoms with Crippen molar-refractivity contribution < 1.29 is 17.9 Å². The van der Waals surface area contributed by atoms with E-state index >= 15 is 0 Å². The van der Waals surface area contributed by atoms with Crippen molar-refractivity contribution in [3.63, 3.8) is 0 Å². The molecule has 1 aromatic heterocycles. The number of anilines is 1. The second kappa shape index (κ2) is 7.14. The molecule has 3 aromatic rings. The van der Waals surface area contributed by atoms with E-state index in [4.69, 9.17) is 22.1 Å². The minimum atomic E-state index is -4.14. The van der Waals surface area contributed by atoms with Gasteiger partial charge in [-0.2, -0.15) is 12.7 Å². The molecule has 0 bridgehead atoms.